The van der Waals surface area contributed by atoms with Gasteiger partial charge < -0.3 is 10.1 Å². The highest BCUT2D eigenvalue weighted by Gasteiger charge is 2.09. The van der Waals surface area contributed by atoms with Crippen LogP contribution in [0.1, 0.15) is 27.0 Å². The molecule has 0 aliphatic carbocycles. The molecule has 0 fully saturated rings. The lowest BCUT2D eigenvalue weighted by Crippen LogP contribution is -2.12. The predicted molar refractivity (Wildman–Crippen MR) is 125 cm³/mol. The van der Waals surface area contributed by atoms with E-state index in [2.05, 4.69) is 57.5 Å². The molecule has 31 heavy (non-hydrogen) atoms. The molecule has 0 aliphatic rings. The van der Waals surface area contributed by atoms with Crippen LogP contribution in [-0.2, 0) is 13.2 Å². The first kappa shape index (κ1) is 20.9. The van der Waals surface area contributed by atoms with E-state index in [1.807, 2.05) is 53.3 Å². The minimum atomic E-state index is -0.183. The molecule has 0 saturated heterocycles. The molecule has 1 amide bonds. The number of halogens is 1. The molecule has 0 aliphatic heterocycles. The van der Waals surface area contributed by atoms with Gasteiger partial charge in [-0.25, -0.2) is 0 Å². The Bertz CT molecular complexity index is 1190. The summed E-state index contributed by atoms with van der Waals surface area (Å²) in [5, 5.41) is 7.26. The highest BCUT2D eigenvalue weighted by atomic mass is 79.9. The lowest BCUT2D eigenvalue weighted by molar-refractivity contribution is 0.102. The average molecular weight is 476 g/mol. The second-order valence-electron chi connectivity index (χ2n) is 7.29. The van der Waals surface area contributed by atoms with Gasteiger partial charge >= 0.3 is 0 Å². The maximum atomic E-state index is 12.7. The minimum Gasteiger partial charge on any atom is -0.488 e. The van der Waals surface area contributed by atoms with Crippen molar-refractivity contribution in [2.45, 2.75) is 20.1 Å². The van der Waals surface area contributed by atoms with E-state index in [0.29, 0.717) is 24.4 Å². The summed E-state index contributed by atoms with van der Waals surface area (Å²) in [5.41, 5.74) is 4.52. The first-order valence-corrected chi connectivity index (χ1v) is 10.7. The Morgan fingerprint density at radius 3 is 2.65 bits per heavy atom. The molecule has 0 atom stereocenters. The molecule has 1 heterocycles. The lowest BCUT2D eigenvalue weighted by Gasteiger charge is -2.09. The second-order valence-corrected chi connectivity index (χ2v) is 8.14. The normalized spacial score (nSPS) is 10.6. The van der Waals surface area contributed by atoms with Gasteiger partial charge in [-0.3, -0.25) is 9.48 Å². The third-order valence-corrected chi connectivity index (χ3v) is 5.43. The average Bonchev–Trinajstić information content (AvgIpc) is 3.21. The number of para-hydroxylation sites is 1. The Hall–Kier alpha value is -3.38. The van der Waals surface area contributed by atoms with Gasteiger partial charge in [-0.05, 0) is 58.2 Å². The largest absolute Gasteiger partial charge is 0.488 e. The van der Waals surface area contributed by atoms with Gasteiger partial charge in [-0.1, -0.05) is 54.1 Å². The van der Waals surface area contributed by atoms with Crippen LogP contribution >= 0.6 is 15.9 Å². The van der Waals surface area contributed by atoms with Gasteiger partial charge in [0, 0.05) is 11.8 Å². The number of amides is 1. The molecule has 0 saturated carbocycles. The zero-order chi connectivity index (χ0) is 21.6. The summed E-state index contributed by atoms with van der Waals surface area (Å²) < 4.78 is 8.55. The monoisotopic (exact) mass is 475 g/mol. The van der Waals surface area contributed by atoms with Gasteiger partial charge in [0.15, 0.2) is 0 Å². The number of aromatic nitrogens is 2. The van der Waals surface area contributed by atoms with Crippen molar-refractivity contribution in [3.05, 3.63) is 112 Å². The number of carbonyl (C=O) groups excluding carboxylic acids is 1. The van der Waals surface area contributed by atoms with Gasteiger partial charge in [-0.15, -0.1) is 0 Å². The van der Waals surface area contributed by atoms with Gasteiger partial charge in [-0.2, -0.15) is 5.10 Å². The molecule has 1 aromatic heterocycles. The van der Waals surface area contributed by atoms with E-state index in [1.54, 1.807) is 12.3 Å². The number of benzene rings is 3. The van der Waals surface area contributed by atoms with Crippen LogP contribution in [0.3, 0.4) is 0 Å². The van der Waals surface area contributed by atoms with E-state index in [9.17, 15) is 4.79 Å². The zero-order valence-corrected chi connectivity index (χ0v) is 18.7. The van der Waals surface area contributed by atoms with E-state index in [1.165, 1.54) is 5.56 Å². The number of hydrogen-bond donors (Lipinski definition) is 1. The van der Waals surface area contributed by atoms with Crippen LogP contribution in [0.5, 0.6) is 5.75 Å². The summed E-state index contributed by atoms with van der Waals surface area (Å²) in [5.74, 6) is 0.580. The van der Waals surface area contributed by atoms with E-state index in [-0.39, 0.29) is 5.91 Å². The fourth-order valence-electron chi connectivity index (χ4n) is 3.12. The minimum absolute atomic E-state index is 0.183. The fraction of sp³-hybridized carbons (Fsp3) is 0.120. The molecule has 5 nitrogen and oxygen atoms in total. The van der Waals surface area contributed by atoms with E-state index >= 15 is 0 Å². The number of carbonyl (C=O) groups is 1. The Labute approximate surface area is 189 Å². The van der Waals surface area contributed by atoms with Gasteiger partial charge in [0.05, 0.1) is 22.9 Å². The van der Waals surface area contributed by atoms with Crippen LogP contribution in [0.4, 0.5) is 5.69 Å². The van der Waals surface area contributed by atoms with Crippen LogP contribution < -0.4 is 10.1 Å². The lowest BCUT2D eigenvalue weighted by atomic mass is 10.1. The van der Waals surface area contributed by atoms with Crippen molar-refractivity contribution in [3.63, 3.8) is 0 Å². The number of aryl methyl sites for hydroxylation is 1. The molecule has 3 aromatic carbocycles. The molecule has 156 valence electrons. The molecular weight excluding hydrogens is 454 g/mol. The summed E-state index contributed by atoms with van der Waals surface area (Å²) >= 11 is 3.47. The summed E-state index contributed by atoms with van der Waals surface area (Å²) in [6.45, 7) is 3.09. The summed E-state index contributed by atoms with van der Waals surface area (Å²) in [6, 6.07) is 23.4. The van der Waals surface area contributed by atoms with Gasteiger partial charge in [0.2, 0.25) is 0 Å². The topological polar surface area (TPSA) is 56.2 Å². The highest BCUT2D eigenvalue weighted by Crippen LogP contribution is 2.24. The van der Waals surface area contributed by atoms with Gasteiger partial charge in [0.25, 0.3) is 5.91 Å². The molecule has 0 spiro atoms. The predicted octanol–water partition coefficient (Wildman–Crippen LogP) is 5.83. The van der Waals surface area contributed by atoms with Crippen molar-refractivity contribution in [2.75, 3.05) is 5.32 Å². The number of hydrogen-bond acceptors (Lipinski definition) is 3. The first-order chi connectivity index (χ1) is 15.1. The standard InChI is InChI=1S/C25H22BrN3O2/c1-18-9-11-19(12-10-18)15-29-16-22(14-27-29)28-25(30)21-6-4-5-20(13-21)17-31-24-8-3-2-7-23(24)26/h2-14,16H,15,17H2,1H3,(H,28,30). The number of anilines is 1. The third-order valence-electron chi connectivity index (χ3n) is 4.78. The molecule has 4 aromatic rings. The fourth-order valence-corrected chi connectivity index (χ4v) is 3.52. The van der Waals surface area contributed by atoms with Crippen molar-refractivity contribution in [3.8, 4) is 5.75 Å². The van der Waals surface area contributed by atoms with Crippen LogP contribution in [0, 0.1) is 6.92 Å². The molecule has 0 unspecified atom stereocenters. The van der Waals surface area contributed by atoms with Crippen molar-refractivity contribution in [1.82, 2.24) is 9.78 Å². The summed E-state index contributed by atoms with van der Waals surface area (Å²) in [4.78, 5) is 12.7. The first-order valence-electron chi connectivity index (χ1n) is 9.92. The zero-order valence-electron chi connectivity index (χ0n) is 17.1. The van der Waals surface area contributed by atoms with Crippen molar-refractivity contribution in [2.24, 2.45) is 0 Å². The maximum absolute atomic E-state index is 12.7. The molecule has 1 N–H and O–H groups in total. The van der Waals surface area contributed by atoms with Crippen molar-refractivity contribution >= 4 is 27.5 Å². The SMILES string of the molecule is Cc1ccc(Cn2cc(NC(=O)c3cccc(COc4ccccc4Br)c3)cn2)cc1. The maximum Gasteiger partial charge on any atom is 0.255 e. The van der Waals surface area contributed by atoms with Crippen LogP contribution in [0.15, 0.2) is 89.7 Å². The van der Waals surface area contributed by atoms with Gasteiger partial charge in [0.1, 0.15) is 12.4 Å². The van der Waals surface area contributed by atoms with Crippen LogP contribution in [0.25, 0.3) is 0 Å². The van der Waals surface area contributed by atoms with Crippen molar-refractivity contribution < 1.29 is 9.53 Å². The molecule has 0 bridgehead atoms. The molecule has 0 radical (unpaired) electrons. The molecule has 6 heteroatoms. The number of nitrogens with one attached hydrogen (secondary N) is 1. The Morgan fingerprint density at radius 2 is 1.84 bits per heavy atom. The Kier molecular flexibility index (Phi) is 6.48. The number of rotatable bonds is 7. The quantitative estimate of drug-likeness (QED) is 0.365. The second kappa shape index (κ2) is 9.62. The van der Waals surface area contributed by atoms with Crippen LogP contribution in [-0.4, -0.2) is 15.7 Å². The summed E-state index contributed by atoms with van der Waals surface area (Å²) in [6.07, 6.45) is 3.49. The van der Waals surface area contributed by atoms with E-state index in [0.717, 1.165) is 21.3 Å². The van der Waals surface area contributed by atoms with E-state index < -0.39 is 0 Å². The van der Waals surface area contributed by atoms with E-state index in [4.69, 9.17) is 4.74 Å². The Morgan fingerprint density at radius 1 is 1.03 bits per heavy atom. The number of ether oxygens (including phenoxy) is 1. The smallest absolute Gasteiger partial charge is 0.255 e. The third kappa shape index (κ3) is 5.61. The summed E-state index contributed by atoms with van der Waals surface area (Å²) in [7, 11) is 0. The highest BCUT2D eigenvalue weighted by molar-refractivity contribution is 9.10. The molecule has 4 rings (SSSR count). The van der Waals surface area contributed by atoms with Crippen LogP contribution in [0.2, 0.25) is 0 Å². The molecular formula is C25H22BrN3O2. The number of nitrogens with zero attached hydrogens (tertiary/aromatic N) is 2. The Balaban J connectivity index is 1.37. The van der Waals surface area contributed by atoms with Crippen molar-refractivity contribution in [1.29, 1.82) is 0 Å².